The second kappa shape index (κ2) is 6.88. The van der Waals surface area contributed by atoms with Crippen molar-refractivity contribution >= 4 is 5.91 Å². The fraction of sp³-hybridized carbons (Fsp3) is 0.100. The lowest BCUT2D eigenvalue weighted by Crippen LogP contribution is -2.15. The van der Waals surface area contributed by atoms with Gasteiger partial charge in [0, 0.05) is 12.4 Å². The Morgan fingerprint density at radius 2 is 1.91 bits per heavy atom. The molecule has 0 unspecified atom stereocenters. The van der Waals surface area contributed by atoms with E-state index in [1.54, 1.807) is 6.20 Å². The zero-order valence-electron chi connectivity index (χ0n) is 12.7. The van der Waals surface area contributed by atoms with Crippen molar-refractivity contribution in [2.24, 2.45) is 5.73 Å². The third kappa shape index (κ3) is 3.64. The van der Waals surface area contributed by atoms with E-state index in [2.05, 4.69) is 11.1 Å². The highest BCUT2D eigenvalue weighted by Gasteiger charge is 2.13. The number of pyridine rings is 1. The van der Waals surface area contributed by atoms with Gasteiger partial charge in [0.15, 0.2) is 0 Å². The first-order valence-corrected chi connectivity index (χ1v) is 7.49. The van der Waals surface area contributed by atoms with E-state index in [0.29, 0.717) is 0 Å². The van der Waals surface area contributed by atoms with Crippen LogP contribution in [0.3, 0.4) is 0 Å². The Morgan fingerprint density at radius 3 is 2.61 bits per heavy atom. The minimum atomic E-state index is -0.350. The minimum Gasteiger partial charge on any atom is -0.369 e. The van der Waals surface area contributed by atoms with E-state index in [1.165, 1.54) is 0 Å². The summed E-state index contributed by atoms with van der Waals surface area (Å²) in [5, 5.41) is 0. The van der Waals surface area contributed by atoms with E-state index < -0.39 is 0 Å². The van der Waals surface area contributed by atoms with Crippen LogP contribution in [-0.4, -0.2) is 10.9 Å². The number of amides is 1. The summed E-state index contributed by atoms with van der Waals surface area (Å²) in [5.74, 6) is -0.350. The Bertz CT molecular complexity index is 798. The summed E-state index contributed by atoms with van der Waals surface area (Å²) in [6, 6.07) is 21.1. The number of nitrogens with two attached hydrogens (primary N) is 1. The quantitative estimate of drug-likeness (QED) is 0.787. The van der Waals surface area contributed by atoms with Crippen LogP contribution in [0.15, 0.2) is 67.0 Å². The summed E-state index contributed by atoms with van der Waals surface area (Å²) in [4.78, 5) is 15.6. The van der Waals surface area contributed by atoms with Gasteiger partial charge in [0.2, 0.25) is 5.91 Å². The van der Waals surface area contributed by atoms with Gasteiger partial charge in [-0.2, -0.15) is 0 Å². The Hall–Kier alpha value is -2.94. The maximum absolute atomic E-state index is 11.4. The van der Waals surface area contributed by atoms with Gasteiger partial charge in [-0.3, -0.25) is 9.78 Å². The molecular formula is C20H17N2O. The Balaban J connectivity index is 2.09. The molecule has 3 aromatic rings. The van der Waals surface area contributed by atoms with Crippen molar-refractivity contribution in [3.05, 3.63) is 89.7 Å². The molecule has 3 rings (SSSR count). The van der Waals surface area contributed by atoms with E-state index in [1.807, 2.05) is 60.8 Å². The van der Waals surface area contributed by atoms with Gasteiger partial charge in [-0.1, -0.05) is 48.5 Å². The molecule has 0 aliphatic rings. The molecule has 0 saturated heterocycles. The lowest BCUT2D eigenvalue weighted by Gasteiger charge is -2.14. The van der Waals surface area contributed by atoms with Crippen LogP contribution in [0.5, 0.6) is 0 Å². The molecule has 0 atom stereocenters. The van der Waals surface area contributed by atoms with Crippen LogP contribution in [0.4, 0.5) is 0 Å². The molecule has 1 heterocycles. The SMILES string of the molecule is NC(=O)Cc1[c]ccc(Cc2cccnc2)c1-c1ccccc1. The smallest absolute Gasteiger partial charge is 0.221 e. The molecule has 0 saturated carbocycles. The van der Waals surface area contributed by atoms with E-state index in [9.17, 15) is 4.79 Å². The first-order valence-electron chi connectivity index (χ1n) is 7.49. The van der Waals surface area contributed by atoms with Crippen molar-refractivity contribution < 1.29 is 4.79 Å². The zero-order chi connectivity index (χ0) is 16.1. The Morgan fingerprint density at radius 1 is 1.09 bits per heavy atom. The maximum atomic E-state index is 11.4. The van der Waals surface area contributed by atoms with Crippen molar-refractivity contribution in [3.8, 4) is 11.1 Å². The third-order valence-electron chi connectivity index (χ3n) is 3.70. The number of hydrogen-bond donors (Lipinski definition) is 1. The third-order valence-corrected chi connectivity index (χ3v) is 3.70. The number of primary amides is 1. The van der Waals surface area contributed by atoms with Crippen LogP contribution in [-0.2, 0) is 17.6 Å². The highest BCUT2D eigenvalue weighted by atomic mass is 16.1. The predicted molar refractivity (Wildman–Crippen MR) is 90.7 cm³/mol. The van der Waals surface area contributed by atoms with Crippen molar-refractivity contribution in [2.75, 3.05) is 0 Å². The molecule has 1 amide bonds. The van der Waals surface area contributed by atoms with Gasteiger partial charge in [0.1, 0.15) is 0 Å². The molecule has 3 nitrogen and oxygen atoms in total. The van der Waals surface area contributed by atoms with Crippen LogP contribution in [0.1, 0.15) is 16.7 Å². The van der Waals surface area contributed by atoms with Crippen LogP contribution in [0, 0.1) is 6.07 Å². The van der Waals surface area contributed by atoms with E-state index in [-0.39, 0.29) is 12.3 Å². The van der Waals surface area contributed by atoms with E-state index in [4.69, 9.17) is 5.73 Å². The fourth-order valence-corrected chi connectivity index (χ4v) is 2.74. The van der Waals surface area contributed by atoms with Gasteiger partial charge in [-0.05, 0) is 46.4 Å². The lowest BCUT2D eigenvalue weighted by atomic mass is 9.90. The number of nitrogens with zero attached hydrogens (tertiary/aromatic N) is 1. The molecule has 0 spiro atoms. The highest BCUT2D eigenvalue weighted by Crippen LogP contribution is 2.29. The highest BCUT2D eigenvalue weighted by molar-refractivity contribution is 5.81. The predicted octanol–water partition coefficient (Wildman–Crippen LogP) is 3.17. The fourth-order valence-electron chi connectivity index (χ4n) is 2.74. The van der Waals surface area contributed by atoms with Crippen molar-refractivity contribution in [1.29, 1.82) is 0 Å². The van der Waals surface area contributed by atoms with Gasteiger partial charge in [-0.25, -0.2) is 0 Å². The minimum absolute atomic E-state index is 0.186. The first kappa shape index (κ1) is 15.0. The lowest BCUT2D eigenvalue weighted by molar-refractivity contribution is -0.117. The van der Waals surface area contributed by atoms with E-state index >= 15 is 0 Å². The molecule has 3 heteroatoms. The number of carbonyl (C=O) groups is 1. The summed E-state index contributed by atoms with van der Waals surface area (Å²) >= 11 is 0. The molecule has 0 aliphatic heterocycles. The van der Waals surface area contributed by atoms with Crippen molar-refractivity contribution in [1.82, 2.24) is 4.98 Å². The standard InChI is InChI=1S/C20H17N2O/c21-19(23)13-18-10-4-9-17(12-15-6-5-11-22-14-15)20(18)16-7-2-1-3-8-16/h1-9,11,14H,12-13H2,(H2,21,23). The van der Waals surface area contributed by atoms with Crippen LogP contribution in [0.25, 0.3) is 11.1 Å². The monoisotopic (exact) mass is 301 g/mol. The van der Waals surface area contributed by atoms with Crippen molar-refractivity contribution in [2.45, 2.75) is 12.8 Å². The second-order valence-corrected chi connectivity index (χ2v) is 5.40. The van der Waals surface area contributed by atoms with Gasteiger partial charge in [0.05, 0.1) is 6.42 Å². The van der Waals surface area contributed by atoms with E-state index in [0.717, 1.165) is 34.2 Å². The molecule has 0 fully saturated rings. The summed E-state index contributed by atoms with van der Waals surface area (Å²) in [6.07, 6.45) is 4.56. The van der Waals surface area contributed by atoms with Gasteiger partial charge < -0.3 is 5.73 Å². The summed E-state index contributed by atoms with van der Waals surface area (Å²) in [7, 11) is 0. The molecule has 113 valence electrons. The summed E-state index contributed by atoms with van der Waals surface area (Å²) in [6.45, 7) is 0. The van der Waals surface area contributed by atoms with Gasteiger partial charge >= 0.3 is 0 Å². The average Bonchev–Trinajstić information content (AvgIpc) is 2.56. The molecule has 2 aromatic carbocycles. The number of rotatable bonds is 5. The average molecular weight is 301 g/mol. The molecule has 1 radical (unpaired) electrons. The number of carbonyl (C=O) groups excluding carboxylic acids is 1. The summed E-state index contributed by atoms with van der Waals surface area (Å²) in [5.41, 5.74) is 10.6. The normalized spacial score (nSPS) is 10.4. The largest absolute Gasteiger partial charge is 0.369 e. The second-order valence-electron chi connectivity index (χ2n) is 5.40. The first-order chi connectivity index (χ1) is 11.2. The molecule has 0 bridgehead atoms. The molecule has 2 N–H and O–H groups in total. The zero-order valence-corrected chi connectivity index (χ0v) is 12.7. The maximum Gasteiger partial charge on any atom is 0.221 e. The summed E-state index contributed by atoms with van der Waals surface area (Å²) < 4.78 is 0. The van der Waals surface area contributed by atoms with Crippen LogP contribution < -0.4 is 5.73 Å². The Labute approximate surface area is 135 Å². The van der Waals surface area contributed by atoms with Crippen LogP contribution >= 0.6 is 0 Å². The number of aromatic nitrogens is 1. The number of benzene rings is 2. The molecule has 0 aliphatic carbocycles. The topological polar surface area (TPSA) is 56.0 Å². The van der Waals surface area contributed by atoms with Crippen LogP contribution in [0.2, 0.25) is 0 Å². The van der Waals surface area contributed by atoms with Crippen molar-refractivity contribution in [3.63, 3.8) is 0 Å². The Kier molecular flexibility index (Phi) is 4.48. The molecular weight excluding hydrogens is 284 g/mol. The molecule has 23 heavy (non-hydrogen) atoms. The van der Waals surface area contributed by atoms with Gasteiger partial charge in [-0.15, -0.1) is 0 Å². The number of hydrogen-bond acceptors (Lipinski definition) is 2. The van der Waals surface area contributed by atoms with Gasteiger partial charge in [0.25, 0.3) is 0 Å². The molecule has 1 aromatic heterocycles.